The molecule has 0 aliphatic carbocycles. The summed E-state index contributed by atoms with van der Waals surface area (Å²) in [5.41, 5.74) is 2.17. The van der Waals surface area contributed by atoms with Crippen LogP contribution < -0.4 is 0 Å². The van der Waals surface area contributed by atoms with Gasteiger partial charge < -0.3 is 4.74 Å². The summed E-state index contributed by atoms with van der Waals surface area (Å²) in [7, 11) is 0. The minimum absolute atomic E-state index is 0.123. The molecule has 6 heteroatoms. The van der Waals surface area contributed by atoms with Gasteiger partial charge in [0.15, 0.2) is 0 Å². The number of fused-ring (bicyclic) bond motifs is 1. The van der Waals surface area contributed by atoms with Crippen LogP contribution in [0.5, 0.6) is 0 Å². The van der Waals surface area contributed by atoms with E-state index in [9.17, 15) is 18.0 Å². The summed E-state index contributed by atoms with van der Waals surface area (Å²) in [6.45, 7) is 3.82. The zero-order valence-corrected chi connectivity index (χ0v) is 14.2. The maximum Gasteiger partial charge on any atom is 0.416 e. The van der Waals surface area contributed by atoms with E-state index in [1.54, 1.807) is 19.1 Å². The fourth-order valence-corrected chi connectivity index (χ4v) is 2.73. The molecule has 0 unspecified atom stereocenters. The second kappa shape index (κ2) is 6.78. The van der Waals surface area contributed by atoms with Crippen molar-refractivity contribution in [1.29, 1.82) is 0 Å². The molecule has 0 spiro atoms. The molecule has 0 bridgehead atoms. The molecule has 2 aromatic carbocycles. The quantitative estimate of drug-likeness (QED) is 0.587. The Labute approximate surface area is 148 Å². The van der Waals surface area contributed by atoms with Crippen LogP contribution in [-0.2, 0) is 10.9 Å². The minimum Gasteiger partial charge on any atom is -0.461 e. The second-order valence-corrected chi connectivity index (χ2v) is 5.87. The van der Waals surface area contributed by atoms with Crippen molar-refractivity contribution in [2.45, 2.75) is 20.0 Å². The average Bonchev–Trinajstić information content (AvgIpc) is 2.60. The third-order valence-electron chi connectivity index (χ3n) is 3.97. The van der Waals surface area contributed by atoms with Crippen LogP contribution in [0.4, 0.5) is 13.2 Å². The Bertz CT molecular complexity index is 963. The van der Waals surface area contributed by atoms with Gasteiger partial charge in [-0.15, -0.1) is 0 Å². The Morgan fingerprint density at radius 3 is 2.38 bits per heavy atom. The molecule has 3 aromatic rings. The number of halogens is 3. The Morgan fingerprint density at radius 2 is 1.77 bits per heavy atom. The molecular formula is C20H16F3NO2. The van der Waals surface area contributed by atoms with E-state index >= 15 is 0 Å². The zero-order chi connectivity index (χ0) is 18.9. The first kappa shape index (κ1) is 17.9. The standard InChI is InChI=1S/C20H16F3NO2/c1-3-26-19(25)18-11-15(16-10-12(2)4-9-17(16)24-18)13-5-7-14(8-6-13)20(21,22)23/h4-11H,3H2,1-2H3. The Morgan fingerprint density at radius 1 is 1.08 bits per heavy atom. The number of aryl methyl sites for hydroxylation is 1. The van der Waals surface area contributed by atoms with E-state index in [2.05, 4.69) is 4.98 Å². The summed E-state index contributed by atoms with van der Waals surface area (Å²) >= 11 is 0. The molecule has 1 aromatic heterocycles. The van der Waals surface area contributed by atoms with E-state index in [4.69, 9.17) is 4.74 Å². The van der Waals surface area contributed by atoms with E-state index in [-0.39, 0.29) is 12.3 Å². The summed E-state index contributed by atoms with van der Waals surface area (Å²) < 4.78 is 43.4. The first-order valence-electron chi connectivity index (χ1n) is 8.05. The minimum atomic E-state index is -4.40. The van der Waals surface area contributed by atoms with Gasteiger partial charge in [0, 0.05) is 5.39 Å². The molecule has 0 aliphatic rings. The second-order valence-electron chi connectivity index (χ2n) is 5.87. The molecule has 0 saturated carbocycles. The van der Waals surface area contributed by atoms with Gasteiger partial charge in [-0.25, -0.2) is 9.78 Å². The summed E-state index contributed by atoms with van der Waals surface area (Å²) in [5, 5.41) is 0.762. The zero-order valence-electron chi connectivity index (χ0n) is 14.2. The van der Waals surface area contributed by atoms with Crippen molar-refractivity contribution in [2.75, 3.05) is 6.61 Å². The molecule has 0 aliphatic heterocycles. The predicted molar refractivity (Wildman–Crippen MR) is 92.9 cm³/mol. The number of alkyl halides is 3. The average molecular weight is 359 g/mol. The molecule has 3 nitrogen and oxygen atoms in total. The highest BCUT2D eigenvalue weighted by Gasteiger charge is 2.30. The monoisotopic (exact) mass is 359 g/mol. The first-order valence-corrected chi connectivity index (χ1v) is 8.05. The van der Waals surface area contributed by atoms with Gasteiger partial charge in [0.2, 0.25) is 0 Å². The number of hydrogen-bond acceptors (Lipinski definition) is 3. The number of ether oxygens (including phenoxy) is 1. The number of hydrogen-bond donors (Lipinski definition) is 0. The summed E-state index contributed by atoms with van der Waals surface area (Å²) in [5.74, 6) is -0.567. The third kappa shape index (κ3) is 3.54. The maximum atomic E-state index is 12.8. The number of rotatable bonds is 3. The van der Waals surface area contributed by atoms with Gasteiger partial charge in [0.05, 0.1) is 17.7 Å². The van der Waals surface area contributed by atoms with Crippen molar-refractivity contribution in [3.05, 3.63) is 65.4 Å². The molecule has 0 atom stereocenters. The SMILES string of the molecule is CCOC(=O)c1cc(-c2ccc(C(F)(F)F)cc2)c2cc(C)ccc2n1. The van der Waals surface area contributed by atoms with Crippen LogP contribution >= 0.6 is 0 Å². The van der Waals surface area contributed by atoms with E-state index < -0.39 is 17.7 Å². The highest BCUT2D eigenvalue weighted by molar-refractivity contribution is 5.99. The highest BCUT2D eigenvalue weighted by atomic mass is 19.4. The van der Waals surface area contributed by atoms with Crippen molar-refractivity contribution >= 4 is 16.9 Å². The fourth-order valence-electron chi connectivity index (χ4n) is 2.73. The number of carbonyl (C=O) groups is 1. The van der Waals surface area contributed by atoms with Gasteiger partial charge in [-0.3, -0.25) is 0 Å². The van der Waals surface area contributed by atoms with Gasteiger partial charge >= 0.3 is 12.1 Å². The van der Waals surface area contributed by atoms with Crippen LogP contribution in [0.1, 0.15) is 28.5 Å². The molecule has 0 fully saturated rings. The van der Waals surface area contributed by atoms with Gasteiger partial charge in [-0.1, -0.05) is 23.8 Å². The molecule has 1 heterocycles. The van der Waals surface area contributed by atoms with Gasteiger partial charge in [-0.05, 0) is 55.3 Å². The lowest BCUT2D eigenvalue weighted by molar-refractivity contribution is -0.137. The Balaban J connectivity index is 2.19. The fraction of sp³-hybridized carbons (Fsp3) is 0.200. The normalized spacial score (nSPS) is 11.6. The molecular weight excluding hydrogens is 343 g/mol. The maximum absolute atomic E-state index is 12.8. The highest BCUT2D eigenvalue weighted by Crippen LogP contribution is 2.33. The molecule has 0 amide bonds. The lowest BCUT2D eigenvalue weighted by Crippen LogP contribution is -2.08. The summed E-state index contributed by atoms with van der Waals surface area (Å²) in [6.07, 6.45) is -4.40. The van der Waals surface area contributed by atoms with E-state index in [1.807, 2.05) is 19.1 Å². The number of benzene rings is 2. The molecule has 0 N–H and O–H groups in total. The predicted octanol–water partition coefficient (Wildman–Crippen LogP) is 5.41. The molecule has 3 rings (SSSR count). The van der Waals surface area contributed by atoms with Crippen LogP contribution in [0.25, 0.3) is 22.0 Å². The van der Waals surface area contributed by atoms with Gasteiger partial charge in [-0.2, -0.15) is 13.2 Å². The van der Waals surface area contributed by atoms with Crippen molar-refractivity contribution in [1.82, 2.24) is 4.98 Å². The third-order valence-corrected chi connectivity index (χ3v) is 3.97. The summed E-state index contributed by atoms with van der Waals surface area (Å²) in [4.78, 5) is 16.4. The van der Waals surface area contributed by atoms with Crippen LogP contribution in [-0.4, -0.2) is 17.6 Å². The number of nitrogens with zero attached hydrogens (tertiary/aromatic N) is 1. The van der Waals surface area contributed by atoms with Crippen LogP contribution in [0.2, 0.25) is 0 Å². The molecule has 0 radical (unpaired) electrons. The number of esters is 1. The Kier molecular flexibility index (Phi) is 4.68. The van der Waals surface area contributed by atoms with Gasteiger partial charge in [0.25, 0.3) is 0 Å². The van der Waals surface area contributed by atoms with Crippen molar-refractivity contribution in [2.24, 2.45) is 0 Å². The summed E-state index contributed by atoms with van der Waals surface area (Å²) in [6, 6.07) is 11.9. The van der Waals surface area contributed by atoms with E-state index in [0.717, 1.165) is 23.1 Å². The van der Waals surface area contributed by atoms with Crippen molar-refractivity contribution in [3.63, 3.8) is 0 Å². The lowest BCUT2D eigenvalue weighted by atomic mass is 9.98. The topological polar surface area (TPSA) is 39.2 Å². The van der Waals surface area contributed by atoms with Crippen molar-refractivity contribution < 1.29 is 22.7 Å². The molecule has 0 saturated heterocycles. The molecule has 26 heavy (non-hydrogen) atoms. The molecule has 134 valence electrons. The van der Waals surface area contributed by atoms with Crippen LogP contribution in [0.3, 0.4) is 0 Å². The first-order chi connectivity index (χ1) is 12.3. The van der Waals surface area contributed by atoms with Crippen LogP contribution in [0, 0.1) is 6.92 Å². The smallest absolute Gasteiger partial charge is 0.416 e. The van der Waals surface area contributed by atoms with Crippen molar-refractivity contribution in [3.8, 4) is 11.1 Å². The van der Waals surface area contributed by atoms with E-state index in [0.29, 0.717) is 16.6 Å². The van der Waals surface area contributed by atoms with E-state index in [1.165, 1.54) is 12.1 Å². The number of pyridine rings is 1. The number of aromatic nitrogens is 1. The van der Waals surface area contributed by atoms with Gasteiger partial charge in [0.1, 0.15) is 5.69 Å². The number of carbonyl (C=O) groups excluding carboxylic acids is 1. The van der Waals surface area contributed by atoms with Crippen LogP contribution in [0.15, 0.2) is 48.5 Å². The lowest BCUT2D eigenvalue weighted by Gasteiger charge is -2.12. The Hall–Kier alpha value is -2.89. The largest absolute Gasteiger partial charge is 0.461 e.